The van der Waals surface area contributed by atoms with Crippen LogP contribution in [-0.4, -0.2) is 17.3 Å². The van der Waals surface area contributed by atoms with Gasteiger partial charge in [0.25, 0.3) is 5.69 Å². The molecule has 0 aliphatic heterocycles. The van der Waals surface area contributed by atoms with E-state index in [0.29, 0.717) is 5.75 Å². The third kappa shape index (κ3) is 13.8. The molecule has 6 rings (SSSR count). The molecule has 0 radical (unpaired) electrons. The molecule has 1 atom stereocenters. The summed E-state index contributed by atoms with van der Waals surface area (Å²) in [5.74, 6) is 0.384. The van der Waals surface area contributed by atoms with Gasteiger partial charge in [0, 0.05) is 17.7 Å². The van der Waals surface area contributed by atoms with E-state index in [4.69, 9.17) is 0 Å². The summed E-state index contributed by atoms with van der Waals surface area (Å²) >= 11 is 0. The number of nitro groups is 1. The second-order valence-electron chi connectivity index (χ2n) is 16.6. The van der Waals surface area contributed by atoms with E-state index in [9.17, 15) is 120 Å². The Bertz CT molecular complexity index is 2700. The zero-order valence-electron chi connectivity index (χ0n) is 37.1. The summed E-state index contributed by atoms with van der Waals surface area (Å²) in [5, 5.41) is 10.6. The molecule has 0 aliphatic rings. The van der Waals surface area contributed by atoms with Gasteiger partial charge in [-0.3, -0.25) is 10.1 Å². The topological polar surface area (TPSA) is 60.2 Å². The number of halogens is 24. The molecule has 0 saturated carbocycles. The van der Waals surface area contributed by atoms with Crippen LogP contribution < -0.4 is 21.9 Å². The lowest BCUT2D eigenvalue weighted by Crippen LogP contribution is -2.75. The van der Waals surface area contributed by atoms with Crippen molar-refractivity contribution in [3.63, 3.8) is 0 Å². The molecule has 6 aromatic rings. The van der Waals surface area contributed by atoms with Crippen molar-refractivity contribution in [2.45, 2.75) is 60.1 Å². The van der Waals surface area contributed by atoms with Crippen LogP contribution in [0, 0.1) is 10.1 Å². The Balaban J connectivity index is 0.000000468. The molecule has 0 spiro atoms. The summed E-state index contributed by atoms with van der Waals surface area (Å²) in [4.78, 5) is 10.9. The number of benzene rings is 6. The van der Waals surface area contributed by atoms with Crippen molar-refractivity contribution < 1.29 is 115 Å². The Morgan fingerprint density at radius 3 is 0.803 bits per heavy atom. The van der Waals surface area contributed by atoms with Gasteiger partial charge in [-0.2, -0.15) is 127 Å². The van der Waals surface area contributed by atoms with E-state index in [1.54, 1.807) is 18.4 Å². The normalized spacial score (nSPS) is 14.2. The van der Waals surface area contributed by atoms with E-state index in [1.807, 2.05) is 30.3 Å². The number of rotatable bonds is 8. The molecule has 0 aromatic heterocycles. The van der Waals surface area contributed by atoms with Gasteiger partial charge < -0.3 is 0 Å². The molecule has 0 fully saturated rings. The Morgan fingerprint density at radius 2 is 0.605 bits per heavy atom. The zero-order chi connectivity index (χ0) is 57.8. The van der Waals surface area contributed by atoms with Gasteiger partial charge >= 0.3 is 49.4 Å². The standard InChI is InChI=1S/C32H12BF24.C14H14NO3S/c34-25(35,36)13-1-14(26(37,38)39)6-21(5-13)33(22-7-15(27(40,41)42)2-16(8-22)28(43,44)45,23-9-17(29(46,47)48)3-18(10-23)30(49,50)51)24-11-19(31(52,53)54)4-20(12-24)32(55,56)57;1-19(18,14-5-3-2-4-6-14)11-12-7-9-13(10-8-12)15(16)17/h1-12H;2-10H,11H2,1H3/q-1;+1. The van der Waals surface area contributed by atoms with Crippen LogP contribution in [0.4, 0.5) is 111 Å². The number of nitrogens with zero attached hydrogens (tertiary/aromatic N) is 1. The molecule has 76 heavy (non-hydrogen) atoms. The smallest absolute Gasteiger partial charge is 0.258 e. The highest BCUT2D eigenvalue weighted by Crippen LogP contribution is 2.41. The van der Waals surface area contributed by atoms with Gasteiger partial charge in [0.15, 0.2) is 4.90 Å². The average molecular weight is 1140 g/mol. The van der Waals surface area contributed by atoms with Crippen LogP contribution in [-0.2, 0) is 69.3 Å². The van der Waals surface area contributed by atoms with E-state index in [-0.39, 0.29) is 5.69 Å². The predicted molar refractivity (Wildman–Crippen MR) is 226 cm³/mol. The van der Waals surface area contributed by atoms with Crippen molar-refractivity contribution in [2.24, 2.45) is 0 Å². The highest BCUT2D eigenvalue weighted by Gasteiger charge is 2.47. The second kappa shape index (κ2) is 20.3. The first-order chi connectivity index (χ1) is 34.3. The molecule has 1 unspecified atom stereocenters. The maximum Gasteiger partial charge on any atom is 0.416 e. The number of non-ortho nitro benzene ring substituents is 1. The van der Waals surface area contributed by atoms with Crippen molar-refractivity contribution in [3.8, 4) is 0 Å². The molecule has 0 saturated heterocycles. The first kappa shape index (κ1) is 60.1. The van der Waals surface area contributed by atoms with Crippen molar-refractivity contribution in [2.75, 3.05) is 6.26 Å². The van der Waals surface area contributed by atoms with Gasteiger partial charge in [0.2, 0.25) is 0 Å². The fourth-order valence-electron chi connectivity index (χ4n) is 7.89. The van der Waals surface area contributed by atoms with Crippen molar-refractivity contribution in [1.29, 1.82) is 0 Å². The number of hydrogen-bond donors (Lipinski definition) is 0. The van der Waals surface area contributed by atoms with Crippen LogP contribution in [0.2, 0.25) is 0 Å². The van der Waals surface area contributed by atoms with Gasteiger partial charge in [0.05, 0.1) is 49.4 Å². The van der Waals surface area contributed by atoms with Crippen LogP contribution in [0.5, 0.6) is 0 Å². The largest absolute Gasteiger partial charge is 0.416 e. The maximum absolute atomic E-state index is 14.2. The van der Waals surface area contributed by atoms with E-state index < -0.39 is 210 Å². The van der Waals surface area contributed by atoms with Crippen LogP contribution >= 0.6 is 0 Å². The van der Waals surface area contributed by atoms with Crippen molar-refractivity contribution >= 4 is 43.6 Å². The molecule has 410 valence electrons. The number of nitro benzene ring substituents is 1. The first-order valence-electron chi connectivity index (χ1n) is 20.4. The summed E-state index contributed by atoms with van der Waals surface area (Å²) in [7, 11) is -2.17. The van der Waals surface area contributed by atoms with Crippen LogP contribution in [0.3, 0.4) is 0 Å². The Morgan fingerprint density at radius 1 is 0.382 bits per heavy atom. The quantitative estimate of drug-likeness (QED) is 0.0502. The molecule has 0 aliphatic carbocycles. The van der Waals surface area contributed by atoms with Gasteiger partial charge in [-0.05, 0) is 48.5 Å². The lowest BCUT2D eigenvalue weighted by atomic mass is 9.12. The maximum atomic E-state index is 14.2. The molecule has 0 N–H and O–H groups in total. The van der Waals surface area contributed by atoms with E-state index >= 15 is 0 Å². The predicted octanol–water partition coefficient (Wildman–Crippen LogP) is 14.5. The third-order valence-electron chi connectivity index (χ3n) is 11.3. The average Bonchev–Trinajstić information content (AvgIpc) is 3.27. The van der Waals surface area contributed by atoms with Crippen molar-refractivity contribution in [3.05, 3.63) is 188 Å². The lowest BCUT2D eigenvalue weighted by Gasteiger charge is -2.46. The van der Waals surface area contributed by atoms with Gasteiger partial charge in [-0.1, -0.05) is 70.9 Å². The fraction of sp³-hybridized carbons (Fsp3) is 0.217. The summed E-state index contributed by atoms with van der Waals surface area (Å²) in [6.45, 7) is 0. The highest BCUT2D eigenvalue weighted by atomic mass is 32.2. The third-order valence-corrected chi connectivity index (χ3v) is 13.4. The first-order valence-corrected chi connectivity index (χ1v) is 22.5. The number of alkyl halides is 24. The Labute approximate surface area is 411 Å². The van der Waals surface area contributed by atoms with Crippen LogP contribution in [0.1, 0.15) is 50.1 Å². The molecular weight excluding hydrogens is 1110 g/mol. The molecular formula is C46H26BF24NO3S. The second-order valence-corrected chi connectivity index (χ2v) is 19.4. The minimum Gasteiger partial charge on any atom is -0.258 e. The van der Waals surface area contributed by atoms with Crippen LogP contribution in [0.25, 0.3) is 0 Å². The zero-order valence-corrected chi connectivity index (χ0v) is 37.9. The fourth-order valence-corrected chi connectivity index (χ4v) is 9.62. The van der Waals surface area contributed by atoms with Crippen molar-refractivity contribution in [1.82, 2.24) is 0 Å². The van der Waals surface area contributed by atoms with Gasteiger partial charge in [0.1, 0.15) is 28.1 Å². The Hall–Kier alpha value is -6.75. The minimum atomic E-state index is -6.13. The summed E-state index contributed by atoms with van der Waals surface area (Å²) < 4.78 is 353. The molecule has 30 heteroatoms. The molecule has 6 aromatic carbocycles. The SMILES string of the molecule is C[S+](=O)(Cc1ccc([N+](=O)[O-])cc1)c1ccccc1.FC(F)(F)c1cc([B-](c2cc(C(F)(F)F)cc(C(F)(F)F)c2)(c2cc(C(F)(F)F)cc(C(F)(F)F)c2)c2cc(C(F)(F)F)cc(C(F)(F)F)c2)cc(C(F)(F)F)c1. The van der Waals surface area contributed by atoms with E-state index in [0.717, 1.165) is 10.5 Å². The van der Waals surface area contributed by atoms with E-state index in [2.05, 4.69) is 0 Å². The summed E-state index contributed by atoms with van der Waals surface area (Å²) in [5.41, 5.74) is -29.3. The molecule has 0 amide bonds. The monoisotopic (exact) mass is 1140 g/mol. The highest BCUT2D eigenvalue weighted by molar-refractivity contribution is 8.01. The summed E-state index contributed by atoms with van der Waals surface area (Å²) in [6, 6.07) is 6.66. The molecule has 0 bridgehead atoms. The van der Waals surface area contributed by atoms with Gasteiger partial charge in [-0.15, -0.1) is 0 Å². The minimum absolute atomic E-state index is 0.0473. The number of hydrogen-bond acceptors (Lipinski definition) is 3. The van der Waals surface area contributed by atoms with Crippen LogP contribution in [0.15, 0.2) is 132 Å². The summed E-state index contributed by atoms with van der Waals surface area (Å²) in [6.07, 6.45) is -53.1. The molecule has 4 nitrogen and oxygen atoms in total. The molecule has 0 heterocycles. The lowest BCUT2D eigenvalue weighted by molar-refractivity contribution is -0.384. The van der Waals surface area contributed by atoms with E-state index in [1.165, 1.54) is 12.1 Å². The Kier molecular flexibility index (Phi) is 16.1. The van der Waals surface area contributed by atoms with Gasteiger partial charge in [-0.25, -0.2) is 0 Å².